The number of benzene rings is 1. The zero-order valence-electron chi connectivity index (χ0n) is 12.6. The van der Waals surface area contributed by atoms with Crippen LogP contribution in [0.5, 0.6) is 5.75 Å². The summed E-state index contributed by atoms with van der Waals surface area (Å²) in [6.07, 6.45) is 1.42. The number of carboxylic acid groups (broad SMARTS) is 1. The van der Waals surface area contributed by atoms with Gasteiger partial charge in [0.1, 0.15) is 16.8 Å². The van der Waals surface area contributed by atoms with E-state index in [0.717, 1.165) is 18.5 Å². The molecule has 0 fully saturated rings. The number of aromatic carboxylic acids is 1. The van der Waals surface area contributed by atoms with Gasteiger partial charge in [-0.3, -0.25) is 4.98 Å². The van der Waals surface area contributed by atoms with Crippen molar-refractivity contribution < 1.29 is 14.6 Å². The Bertz CT molecular complexity index is 651. The van der Waals surface area contributed by atoms with Crippen molar-refractivity contribution in [3.8, 4) is 5.75 Å². The van der Waals surface area contributed by atoms with E-state index >= 15 is 0 Å². The number of pyridine rings is 1. The van der Waals surface area contributed by atoms with E-state index in [1.165, 1.54) is 6.20 Å². The Balaban J connectivity index is 2.78. The van der Waals surface area contributed by atoms with Gasteiger partial charge in [-0.05, 0) is 26.8 Å². The maximum Gasteiger partial charge on any atom is 0.339 e. The first-order valence-corrected chi connectivity index (χ1v) is 7.16. The second-order valence-electron chi connectivity index (χ2n) is 4.58. The van der Waals surface area contributed by atoms with Gasteiger partial charge in [-0.2, -0.15) is 0 Å². The van der Waals surface area contributed by atoms with Gasteiger partial charge in [0, 0.05) is 24.7 Å². The molecule has 1 heterocycles. The first-order valence-electron chi connectivity index (χ1n) is 7.16. The van der Waals surface area contributed by atoms with Crippen LogP contribution in [0.25, 0.3) is 10.9 Å². The lowest BCUT2D eigenvalue weighted by molar-refractivity contribution is 0.0697. The molecule has 0 saturated carbocycles. The molecule has 0 saturated heterocycles. The second kappa shape index (κ2) is 6.43. The molecule has 0 atom stereocenters. The molecule has 0 bridgehead atoms. The zero-order valence-corrected chi connectivity index (χ0v) is 12.6. The fourth-order valence-corrected chi connectivity index (χ4v) is 2.49. The van der Waals surface area contributed by atoms with E-state index in [2.05, 4.69) is 4.98 Å². The van der Waals surface area contributed by atoms with Gasteiger partial charge in [-0.1, -0.05) is 12.1 Å². The highest BCUT2D eigenvalue weighted by Gasteiger charge is 2.19. The van der Waals surface area contributed by atoms with Crippen LogP contribution in [0.15, 0.2) is 24.4 Å². The number of rotatable bonds is 6. The third kappa shape index (κ3) is 2.77. The molecule has 1 aromatic heterocycles. The van der Waals surface area contributed by atoms with Crippen molar-refractivity contribution >= 4 is 22.6 Å². The molecule has 2 rings (SSSR count). The topological polar surface area (TPSA) is 62.7 Å². The van der Waals surface area contributed by atoms with Crippen molar-refractivity contribution in [2.24, 2.45) is 0 Å². The number of hydrogen-bond donors (Lipinski definition) is 1. The average molecular weight is 288 g/mol. The van der Waals surface area contributed by atoms with Crippen molar-refractivity contribution in [3.63, 3.8) is 0 Å². The first kappa shape index (κ1) is 15.1. The van der Waals surface area contributed by atoms with E-state index in [-0.39, 0.29) is 5.56 Å². The number of ether oxygens (including phenoxy) is 1. The van der Waals surface area contributed by atoms with E-state index < -0.39 is 5.97 Å². The largest absolute Gasteiger partial charge is 0.492 e. The Hall–Kier alpha value is -2.30. The molecular formula is C16H20N2O3. The van der Waals surface area contributed by atoms with Crippen molar-refractivity contribution in [1.29, 1.82) is 0 Å². The minimum atomic E-state index is -0.965. The van der Waals surface area contributed by atoms with Crippen molar-refractivity contribution in [2.75, 3.05) is 24.6 Å². The summed E-state index contributed by atoms with van der Waals surface area (Å²) in [5, 5.41) is 10.2. The zero-order chi connectivity index (χ0) is 15.4. The van der Waals surface area contributed by atoms with Crippen molar-refractivity contribution in [3.05, 3.63) is 30.0 Å². The molecule has 0 radical (unpaired) electrons. The first-order chi connectivity index (χ1) is 10.1. The Morgan fingerprint density at radius 1 is 1.29 bits per heavy atom. The SMILES string of the molecule is CCOc1cccc2c(N(CC)CC)c(C(=O)O)cnc12. The summed E-state index contributed by atoms with van der Waals surface area (Å²) in [4.78, 5) is 17.8. The van der Waals surface area contributed by atoms with Gasteiger partial charge in [0.05, 0.1) is 12.3 Å². The van der Waals surface area contributed by atoms with Crippen LogP contribution in [-0.2, 0) is 0 Å². The summed E-state index contributed by atoms with van der Waals surface area (Å²) in [6.45, 7) is 7.93. The highest BCUT2D eigenvalue weighted by molar-refractivity contribution is 6.05. The van der Waals surface area contributed by atoms with E-state index in [4.69, 9.17) is 4.74 Å². The summed E-state index contributed by atoms with van der Waals surface area (Å²) < 4.78 is 5.59. The van der Waals surface area contributed by atoms with Gasteiger partial charge in [0.15, 0.2) is 0 Å². The fraction of sp³-hybridized carbons (Fsp3) is 0.375. The van der Waals surface area contributed by atoms with Crippen LogP contribution in [-0.4, -0.2) is 35.8 Å². The Morgan fingerprint density at radius 3 is 2.57 bits per heavy atom. The normalized spacial score (nSPS) is 10.6. The Kier molecular flexibility index (Phi) is 4.62. The summed E-state index contributed by atoms with van der Waals surface area (Å²) in [5.41, 5.74) is 1.63. The molecule has 5 nitrogen and oxygen atoms in total. The standard InChI is InChI=1S/C16H20N2O3/c1-4-18(5-2)15-11-8-7-9-13(21-6-3)14(11)17-10-12(15)16(19)20/h7-10H,4-6H2,1-3H3,(H,19,20). The van der Waals surface area contributed by atoms with Crippen molar-refractivity contribution in [2.45, 2.75) is 20.8 Å². The number of hydrogen-bond acceptors (Lipinski definition) is 4. The molecule has 0 aliphatic carbocycles. The average Bonchev–Trinajstić information content (AvgIpc) is 2.49. The monoisotopic (exact) mass is 288 g/mol. The third-order valence-electron chi connectivity index (χ3n) is 3.44. The van der Waals surface area contributed by atoms with Crippen LogP contribution in [0.4, 0.5) is 5.69 Å². The van der Waals surface area contributed by atoms with Gasteiger partial charge in [0.2, 0.25) is 0 Å². The Morgan fingerprint density at radius 2 is 2.00 bits per heavy atom. The molecule has 1 N–H and O–H groups in total. The summed E-state index contributed by atoms with van der Waals surface area (Å²) in [5.74, 6) is -0.284. The number of carbonyl (C=O) groups is 1. The lowest BCUT2D eigenvalue weighted by Crippen LogP contribution is -2.24. The molecular weight excluding hydrogens is 268 g/mol. The van der Waals surface area contributed by atoms with Crippen LogP contribution >= 0.6 is 0 Å². The van der Waals surface area contributed by atoms with Crippen LogP contribution in [0.1, 0.15) is 31.1 Å². The lowest BCUT2D eigenvalue weighted by atomic mass is 10.1. The third-order valence-corrected chi connectivity index (χ3v) is 3.44. The predicted molar refractivity (Wildman–Crippen MR) is 83.4 cm³/mol. The van der Waals surface area contributed by atoms with E-state index in [1.807, 2.05) is 43.9 Å². The van der Waals surface area contributed by atoms with E-state index in [1.54, 1.807) is 0 Å². The summed E-state index contributed by atoms with van der Waals surface area (Å²) >= 11 is 0. The maximum absolute atomic E-state index is 11.5. The number of carboxylic acids is 1. The molecule has 112 valence electrons. The smallest absolute Gasteiger partial charge is 0.339 e. The summed E-state index contributed by atoms with van der Waals surface area (Å²) in [7, 11) is 0. The van der Waals surface area contributed by atoms with Gasteiger partial charge < -0.3 is 14.7 Å². The molecule has 0 unspecified atom stereocenters. The number of para-hydroxylation sites is 1. The lowest BCUT2D eigenvalue weighted by Gasteiger charge is -2.24. The number of anilines is 1. The van der Waals surface area contributed by atoms with Crippen LogP contribution < -0.4 is 9.64 Å². The molecule has 21 heavy (non-hydrogen) atoms. The van der Waals surface area contributed by atoms with Crippen LogP contribution in [0.3, 0.4) is 0 Å². The molecule has 0 spiro atoms. The molecule has 1 aromatic carbocycles. The highest BCUT2D eigenvalue weighted by atomic mass is 16.5. The van der Waals surface area contributed by atoms with Gasteiger partial charge in [0.25, 0.3) is 0 Å². The van der Waals surface area contributed by atoms with Crippen molar-refractivity contribution in [1.82, 2.24) is 4.98 Å². The molecule has 0 aliphatic heterocycles. The maximum atomic E-state index is 11.5. The van der Waals surface area contributed by atoms with Gasteiger partial charge >= 0.3 is 5.97 Å². The highest BCUT2D eigenvalue weighted by Crippen LogP contribution is 2.34. The minimum Gasteiger partial charge on any atom is -0.492 e. The molecule has 2 aromatic rings. The van der Waals surface area contributed by atoms with Crippen LogP contribution in [0.2, 0.25) is 0 Å². The van der Waals surface area contributed by atoms with Crippen LogP contribution in [0, 0.1) is 0 Å². The summed E-state index contributed by atoms with van der Waals surface area (Å²) in [6, 6.07) is 5.61. The fourth-order valence-electron chi connectivity index (χ4n) is 2.49. The van der Waals surface area contributed by atoms with E-state index in [9.17, 15) is 9.90 Å². The molecule has 0 amide bonds. The molecule has 5 heteroatoms. The number of nitrogens with zero attached hydrogens (tertiary/aromatic N) is 2. The Labute approximate surface area is 124 Å². The molecule has 0 aliphatic rings. The predicted octanol–water partition coefficient (Wildman–Crippen LogP) is 3.18. The number of aromatic nitrogens is 1. The second-order valence-corrected chi connectivity index (χ2v) is 4.58. The quantitative estimate of drug-likeness (QED) is 0.884. The van der Waals surface area contributed by atoms with Gasteiger partial charge in [-0.15, -0.1) is 0 Å². The van der Waals surface area contributed by atoms with E-state index in [0.29, 0.717) is 23.6 Å². The number of fused-ring (bicyclic) bond motifs is 1. The minimum absolute atomic E-state index is 0.222. The van der Waals surface area contributed by atoms with Gasteiger partial charge in [-0.25, -0.2) is 4.79 Å².